The van der Waals surface area contributed by atoms with Crippen molar-refractivity contribution in [3.8, 4) is 0 Å². The van der Waals surface area contributed by atoms with Crippen molar-refractivity contribution in [2.24, 2.45) is 17.4 Å². The van der Waals surface area contributed by atoms with E-state index in [9.17, 15) is 9.59 Å². The molecule has 0 aromatic heterocycles. The van der Waals surface area contributed by atoms with Gasteiger partial charge in [0.1, 0.15) is 0 Å². The summed E-state index contributed by atoms with van der Waals surface area (Å²) in [5, 5.41) is 0. The zero-order valence-corrected chi connectivity index (χ0v) is 5.96. The lowest BCUT2D eigenvalue weighted by atomic mass is 10.0. The molecule has 0 heterocycles. The van der Waals surface area contributed by atoms with Crippen LogP contribution in [-0.2, 0) is 9.59 Å². The summed E-state index contributed by atoms with van der Waals surface area (Å²) in [6.45, 7) is 1.76. The molecule has 0 radical (unpaired) electrons. The largest absolute Gasteiger partial charge is 0.370 e. The maximum Gasteiger partial charge on any atom is 0.217 e. The Balaban J connectivity index is 3.53. The van der Waals surface area contributed by atoms with Crippen molar-refractivity contribution in [2.75, 3.05) is 0 Å². The molecule has 4 nitrogen and oxygen atoms in total. The van der Waals surface area contributed by atoms with E-state index >= 15 is 0 Å². The van der Waals surface area contributed by atoms with E-state index in [1.165, 1.54) is 0 Å². The Labute approximate surface area is 59.6 Å². The van der Waals surface area contributed by atoms with Crippen LogP contribution < -0.4 is 11.5 Å². The highest BCUT2D eigenvalue weighted by Crippen LogP contribution is 2.04. The van der Waals surface area contributed by atoms with Crippen LogP contribution in [0.5, 0.6) is 0 Å². The van der Waals surface area contributed by atoms with Crippen molar-refractivity contribution in [3.05, 3.63) is 0 Å². The third kappa shape index (κ3) is 5.08. The molecule has 0 aliphatic carbocycles. The molecule has 0 aliphatic rings. The first-order valence-corrected chi connectivity index (χ1v) is 3.09. The highest BCUT2D eigenvalue weighted by molar-refractivity contribution is 5.77. The summed E-state index contributed by atoms with van der Waals surface area (Å²) in [5.74, 6) is -0.822. The molecule has 0 aromatic rings. The summed E-state index contributed by atoms with van der Waals surface area (Å²) in [7, 11) is 0. The van der Waals surface area contributed by atoms with Crippen molar-refractivity contribution >= 4 is 11.8 Å². The number of primary amides is 2. The molecular weight excluding hydrogens is 132 g/mol. The van der Waals surface area contributed by atoms with Gasteiger partial charge >= 0.3 is 0 Å². The molecule has 0 aromatic carbocycles. The molecule has 0 saturated carbocycles. The summed E-state index contributed by atoms with van der Waals surface area (Å²) in [6, 6.07) is 0. The van der Waals surface area contributed by atoms with Gasteiger partial charge in [-0.3, -0.25) is 9.59 Å². The van der Waals surface area contributed by atoms with Crippen LogP contribution in [0.15, 0.2) is 0 Å². The molecule has 10 heavy (non-hydrogen) atoms. The second kappa shape index (κ2) is 3.87. The van der Waals surface area contributed by atoms with Crippen LogP contribution in [0, 0.1) is 5.92 Å². The van der Waals surface area contributed by atoms with Crippen molar-refractivity contribution < 1.29 is 9.59 Å². The molecular formula is C6H12N2O2. The summed E-state index contributed by atoms with van der Waals surface area (Å²) in [6.07, 6.45) is 0.450. The predicted molar refractivity (Wildman–Crippen MR) is 36.8 cm³/mol. The number of amides is 2. The Hall–Kier alpha value is -1.06. The van der Waals surface area contributed by atoms with Gasteiger partial charge in [0.05, 0.1) is 0 Å². The summed E-state index contributed by atoms with van der Waals surface area (Å²) in [5.41, 5.74) is 9.76. The highest BCUT2D eigenvalue weighted by Gasteiger charge is 2.08. The number of carbonyl (C=O) groups is 2. The Morgan fingerprint density at radius 3 is 1.70 bits per heavy atom. The van der Waals surface area contributed by atoms with Crippen molar-refractivity contribution in [2.45, 2.75) is 19.8 Å². The predicted octanol–water partition coefficient (Wildman–Crippen LogP) is -0.627. The van der Waals surface area contributed by atoms with Crippen LogP contribution in [0.25, 0.3) is 0 Å². The highest BCUT2D eigenvalue weighted by atomic mass is 16.1. The normalized spacial score (nSPS) is 9.80. The number of carbonyl (C=O) groups excluding carboxylic acids is 2. The molecule has 4 N–H and O–H groups in total. The van der Waals surface area contributed by atoms with Gasteiger partial charge in [0.25, 0.3) is 0 Å². The van der Waals surface area contributed by atoms with Crippen molar-refractivity contribution in [1.82, 2.24) is 0 Å². The lowest BCUT2D eigenvalue weighted by molar-refractivity contribution is -0.120. The second-order valence-corrected chi connectivity index (χ2v) is 2.45. The van der Waals surface area contributed by atoms with Gasteiger partial charge in [-0.1, -0.05) is 6.92 Å². The van der Waals surface area contributed by atoms with Crippen LogP contribution in [0.1, 0.15) is 19.8 Å². The van der Waals surface area contributed by atoms with E-state index in [0.717, 1.165) is 0 Å². The minimum atomic E-state index is -0.395. The SMILES string of the molecule is CC(CC(N)=O)CC(N)=O. The van der Waals surface area contributed by atoms with Gasteiger partial charge in [0.2, 0.25) is 11.8 Å². The number of nitrogens with two attached hydrogens (primary N) is 2. The Bertz CT molecular complexity index is 129. The van der Waals surface area contributed by atoms with E-state index in [0.29, 0.717) is 0 Å². The summed E-state index contributed by atoms with van der Waals surface area (Å²) < 4.78 is 0. The maximum absolute atomic E-state index is 10.3. The third-order valence-electron chi connectivity index (χ3n) is 1.10. The zero-order valence-electron chi connectivity index (χ0n) is 5.96. The van der Waals surface area contributed by atoms with E-state index in [2.05, 4.69) is 0 Å². The molecule has 0 spiro atoms. The Kier molecular flexibility index (Phi) is 3.46. The molecule has 4 heteroatoms. The zero-order chi connectivity index (χ0) is 8.15. The van der Waals surface area contributed by atoms with Gasteiger partial charge in [-0.05, 0) is 5.92 Å². The molecule has 0 atom stereocenters. The van der Waals surface area contributed by atoms with Gasteiger partial charge in [0.15, 0.2) is 0 Å². The first kappa shape index (κ1) is 8.94. The Morgan fingerprint density at radius 1 is 1.20 bits per heavy atom. The molecule has 0 aliphatic heterocycles. The molecule has 0 bridgehead atoms. The van der Waals surface area contributed by atoms with E-state index < -0.39 is 11.8 Å². The summed E-state index contributed by atoms with van der Waals surface area (Å²) in [4.78, 5) is 20.5. The topological polar surface area (TPSA) is 86.2 Å². The third-order valence-corrected chi connectivity index (χ3v) is 1.10. The van der Waals surface area contributed by atoms with Crippen LogP contribution in [0.4, 0.5) is 0 Å². The fraction of sp³-hybridized carbons (Fsp3) is 0.667. The molecule has 0 rings (SSSR count). The van der Waals surface area contributed by atoms with Crippen molar-refractivity contribution in [3.63, 3.8) is 0 Å². The lowest BCUT2D eigenvalue weighted by Crippen LogP contribution is -2.20. The molecule has 0 fully saturated rings. The van der Waals surface area contributed by atoms with Crippen LogP contribution >= 0.6 is 0 Å². The molecule has 58 valence electrons. The average Bonchev–Trinajstić information content (AvgIpc) is 1.58. The number of hydrogen-bond acceptors (Lipinski definition) is 2. The van der Waals surface area contributed by atoms with Crippen LogP contribution in [0.2, 0.25) is 0 Å². The number of hydrogen-bond donors (Lipinski definition) is 2. The van der Waals surface area contributed by atoms with E-state index in [1.54, 1.807) is 6.92 Å². The fourth-order valence-corrected chi connectivity index (χ4v) is 0.759. The van der Waals surface area contributed by atoms with Gasteiger partial charge in [-0.2, -0.15) is 0 Å². The van der Waals surface area contributed by atoms with Gasteiger partial charge < -0.3 is 11.5 Å². The second-order valence-electron chi connectivity index (χ2n) is 2.45. The quantitative estimate of drug-likeness (QED) is 0.550. The van der Waals surface area contributed by atoms with Gasteiger partial charge in [0, 0.05) is 12.8 Å². The monoisotopic (exact) mass is 144 g/mol. The Morgan fingerprint density at radius 2 is 1.50 bits per heavy atom. The van der Waals surface area contributed by atoms with E-state index in [4.69, 9.17) is 11.5 Å². The van der Waals surface area contributed by atoms with Gasteiger partial charge in [-0.25, -0.2) is 0 Å². The van der Waals surface area contributed by atoms with E-state index in [1.807, 2.05) is 0 Å². The molecule has 0 unspecified atom stereocenters. The standard InChI is InChI=1S/C6H12N2O2/c1-4(2-5(7)9)3-6(8)10/h4H,2-3H2,1H3,(H2,7,9)(H2,8,10). The smallest absolute Gasteiger partial charge is 0.217 e. The summed E-state index contributed by atoms with van der Waals surface area (Å²) >= 11 is 0. The minimum absolute atomic E-state index is 0.0324. The maximum atomic E-state index is 10.3. The first-order valence-electron chi connectivity index (χ1n) is 3.09. The fourth-order valence-electron chi connectivity index (χ4n) is 0.759. The van der Waals surface area contributed by atoms with E-state index in [-0.39, 0.29) is 18.8 Å². The van der Waals surface area contributed by atoms with Crippen LogP contribution in [0.3, 0.4) is 0 Å². The number of rotatable bonds is 4. The first-order chi connectivity index (χ1) is 4.52. The minimum Gasteiger partial charge on any atom is -0.370 e. The van der Waals surface area contributed by atoms with Gasteiger partial charge in [-0.15, -0.1) is 0 Å². The van der Waals surface area contributed by atoms with Crippen LogP contribution in [-0.4, -0.2) is 11.8 Å². The molecule has 2 amide bonds. The average molecular weight is 144 g/mol. The molecule has 0 saturated heterocycles. The van der Waals surface area contributed by atoms with Crippen molar-refractivity contribution in [1.29, 1.82) is 0 Å². The lowest BCUT2D eigenvalue weighted by Gasteiger charge is -2.03.